The molecule has 6 heteroatoms. The van der Waals surface area contributed by atoms with Gasteiger partial charge in [-0.3, -0.25) is 0 Å². The fourth-order valence-corrected chi connectivity index (χ4v) is 2.42. The molecule has 0 aliphatic heterocycles. The van der Waals surface area contributed by atoms with Crippen molar-refractivity contribution in [3.8, 4) is 11.5 Å². The normalized spacial score (nSPS) is 10.0. The molecule has 0 saturated carbocycles. The summed E-state index contributed by atoms with van der Waals surface area (Å²) in [4.78, 5) is 14.1. The van der Waals surface area contributed by atoms with Gasteiger partial charge in [-0.25, -0.2) is 4.79 Å². The van der Waals surface area contributed by atoms with Crippen LogP contribution in [0.2, 0.25) is 0 Å². The van der Waals surface area contributed by atoms with E-state index in [1.807, 2.05) is 25.2 Å². The predicted octanol–water partition coefficient (Wildman–Crippen LogP) is 3.35. The third kappa shape index (κ3) is 5.60. The Bertz CT molecular complexity index is 677. The number of ether oxygens (including phenoxy) is 2. The summed E-state index contributed by atoms with van der Waals surface area (Å²) in [5.74, 6) is 1.20. The number of urea groups is 1. The van der Waals surface area contributed by atoms with Gasteiger partial charge in [-0.2, -0.15) is 0 Å². The molecule has 25 heavy (non-hydrogen) atoms. The largest absolute Gasteiger partial charge is 0.493 e. The number of anilines is 2. The molecule has 0 fully saturated rings. The quantitative estimate of drug-likeness (QED) is 0.722. The molecule has 6 nitrogen and oxygen atoms in total. The van der Waals surface area contributed by atoms with Gasteiger partial charge in [0.15, 0.2) is 11.5 Å². The first kappa shape index (κ1) is 18.4. The van der Waals surface area contributed by atoms with Crippen LogP contribution in [0.1, 0.15) is 6.42 Å². The van der Waals surface area contributed by atoms with Gasteiger partial charge < -0.3 is 25.0 Å². The van der Waals surface area contributed by atoms with Crippen molar-refractivity contribution in [2.75, 3.05) is 44.6 Å². The van der Waals surface area contributed by atoms with Crippen molar-refractivity contribution in [3.05, 3.63) is 48.5 Å². The number of hydrogen-bond acceptors (Lipinski definition) is 4. The SMILES string of the molecule is COc1ccc(NC(=O)NCCCN(C)c2ccccc2)cc1OC. The van der Waals surface area contributed by atoms with Crippen LogP contribution in [-0.2, 0) is 0 Å². The van der Waals surface area contributed by atoms with Crippen LogP contribution in [0.25, 0.3) is 0 Å². The summed E-state index contributed by atoms with van der Waals surface area (Å²) in [7, 11) is 5.17. The molecular weight excluding hydrogens is 318 g/mol. The summed E-state index contributed by atoms with van der Waals surface area (Å²) < 4.78 is 10.4. The lowest BCUT2D eigenvalue weighted by atomic mass is 10.2. The van der Waals surface area contributed by atoms with Crippen LogP contribution in [0.15, 0.2) is 48.5 Å². The molecule has 2 amide bonds. The summed E-state index contributed by atoms with van der Waals surface area (Å²) in [6, 6.07) is 15.2. The molecule has 0 bridgehead atoms. The van der Waals surface area contributed by atoms with E-state index in [0.717, 1.165) is 18.7 Å². The first-order chi connectivity index (χ1) is 12.1. The monoisotopic (exact) mass is 343 g/mol. The van der Waals surface area contributed by atoms with Crippen LogP contribution in [-0.4, -0.2) is 40.4 Å². The zero-order chi connectivity index (χ0) is 18.1. The molecule has 0 aliphatic rings. The van der Waals surface area contributed by atoms with E-state index in [1.165, 1.54) is 0 Å². The van der Waals surface area contributed by atoms with Gasteiger partial charge in [0, 0.05) is 37.6 Å². The van der Waals surface area contributed by atoms with Crippen LogP contribution in [0.3, 0.4) is 0 Å². The maximum atomic E-state index is 12.0. The van der Waals surface area contributed by atoms with E-state index in [-0.39, 0.29) is 6.03 Å². The van der Waals surface area contributed by atoms with Gasteiger partial charge in [-0.1, -0.05) is 18.2 Å². The Hall–Kier alpha value is -2.89. The molecule has 0 aliphatic carbocycles. The van der Waals surface area contributed by atoms with Crippen molar-refractivity contribution < 1.29 is 14.3 Å². The third-order valence-corrected chi connectivity index (χ3v) is 3.79. The summed E-state index contributed by atoms with van der Waals surface area (Å²) in [5, 5.41) is 5.64. The van der Waals surface area contributed by atoms with Crippen molar-refractivity contribution in [3.63, 3.8) is 0 Å². The second-order valence-corrected chi connectivity index (χ2v) is 5.56. The molecule has 0 heterocycles. The number of methoxy groups -OCH3 is 2. The molecule has 134 valence electrons. The van der Waals surface area contributed by atoms with Gasteiger partial charge in [-0.05, 0) is 30.7 Å². The van der Waals surface area contributed by atoms with Crippen LogP contribution >= 0.6 is 0 Å². The summed E-state index contributed by atoms with van der Waals surface area (Å²) >= 11 is 0. The predicted molar refractivity (Wildman–Crippen MR) is 101 cm³/mol. The standard InChI is InChI=1S/C19H25N3O3/c1-22(16-8-5-4-6-9-16)13-7-12-20-19(23)21-15-10-11-17(24-2)18(14-15)25-3/h4-6,8-11,14H,7,12-13H2,1-3H3,(H2,20,21,23). The summed E-state index contributed by atoms with van der Waals surface area (Å²) in [6.07, 6.45) is 0.852. The minimum absolute atomic E-state index is 0.241. The van der Waals surface area contributed by atoms with Crippen molar-refractivity contribution in [1.29, 1.82) is 0 Å². The van der Waals surface area contributed by atoms with Crippen molar-refractivity contribution in [1.82, 2.24) is 5.32 Å². The zero-order valence-electron chi connectivity index (χ0n) is 14.9. The highest BCUT2D eigenvalue weighted by molar-refractivity contribution is 5.89. The van der Waals surface area contributed by atoms with Crippen LogP contribution in [0, 0.1) is 0 Å². The number of amides is 2. The highest BCUT2D eigenvalue weighted by atomic mass is 16.5. The highest BCUT2D eigenvalue weighted by Gasteiger charge is 2.07. The maximum absolute atomic E-state index is 12.0. The Kier molecular flexibility index (Phi) is 6.95. The minimum atomic E-state index is -0.241. The van der Waals surface area contributed by atoms with Crippen molar-refractivity contribution >= 4 is 17.4 Å². The average Bonchev–Trinajstić information content (AvgIpc) is 2.65. The Morgan fingerprint density at radius 2 is 1.76 bits per heavy atom. The van der Waals surface area contributed by atoms with Gasteiger partial charge in [0.2, 0.25) is 0 Å². The van der Waals surface area contributed by atoms with E-state index in [4.69, 9.17) is 9.47 Å². The topological polar surface area (TPSA) is 62.8 Å². The fourth-order valence-electron chi connectivity index (χ4n) is 2.42. The number of carbonyl (C=O) groups excluding carboxylic acids is 1. The number of benzene rings is 2. The molecule has 2 aromatic rings. The summed E-state index contributed by atoms with van der Waals surface area (Å²) in [5.41, 5.74) is 1.81. The van der Waals surface area contributed by atoms with Crippen LogP contribution in [0.4, 0.5) is 16.2 Å². The van der Waals surface area contributed by atoms with Crippen molar-refractivity contribution in [2.45, 2.75) is 6.42 Å². The summed E-state index contributed by atoms with van der Waals surface area (Å²) in [6.45, 7) is 1.46. The molecular formula is C19H25N3O3. The third-order valence-electron chi connectivity index (χ3n) is 3.79. The Balaban J connectivity index is 1.74. The first-order valence-corrected chi connectivity index (χ1v) is 8.17. The first-order valence-electron chi connectivity index (χ1n) is 8.17. The number of rotatable bonds is 8. The Morgan fingerprint density at radius 1 is 1.04 bits per heavy atom. The molecule has 0 saturated heterocycles. The molecule has 0 atom stereocenters. The van der Waals surface area contributed by atoms with Crippen LogP contribution < -0.4 is 25.0 Å². The average molecular weight is 343 g/mol. The van der Waals surface area contributed by atoms with Crippen molar-refractivity contribution in [2.24, 2.45) is 0 Å². The molecule has 2 aromatic carbocycles. The number of nitrogens with one attached hydrogen (secondary N) is 2. The molecule has 0 radical (unpaired) electrons. The lowest BCUT2D eigenvalue weighted by Crippen LogP contribution is -2.31. The molecule has 0 unspecified atom stereocenters. The molecule has 0 spiro atoms. The lowest BCUT2D eigenvalue weighted by Gasteiger charge is -2.19. The lowest BCUT2D eigenvalue weighted by molar-refractivity contribution is 0.252. The van der Waals surface area contributed by atoms with Gasteiger partial charge in [-0.15, -0.1) is 0 Å². The van der Waals surface area contributed by atoms with Gasteiger partial charge in [0.05, 0.1) is 14.2 Å². The number of hydrogen-bond donors (Lipinski definition) is 2. The van der Waals surface area contributed by atoms with Gasteiger partial charge >= 0.3 is 6.03 Å². The van der Waals surface area contributed by atoms with E-state index in [0.29, 0.717) is 23.7 Å². The van der Waals surface area contributed by atoms with Crippen LogP contribution in [0.5, 0.6) is 11.5 Å². The van der Waals surface area contributed by atoms with E-state index in [9.17, 15) is 4.79 Å². The number of nitrogens with zero attached hydrogens (tertiary/aromatic N) is 1. The fraction of sp³-hybridized carbons (Fsp3) is 0.316. The van der Waals surface area contributed by atoms with Gasteiger partial charge in [0.1, 0.15) is 0 Å². The zero-order valence-corrected chi connectivity index (χ0v) is 14.9. The second kappa shape index (κ2) is 9.42. The van der Waals surface area contributed by atoms with E-state index in [2.05, 4.69) is 27.7 Å². The highest BCUT2D eigenvalue weighted by Crippen LogP contribution is 2.29. The molecule has 2 rings (SSSR count). The number of para-hydroxylation sites is 1. The maximum Gasteiger partial charge on any atom is 0.319 e. The van der Waals surface area contributed by atoms with E-state index >= 15 is 0 Å². The minimum Gasteiger partial charge on any atom is -0.493 e. The van der Waals surface area contributed by atoms with E-state index < -0.39 is 0 Å². The Labute approximate surface area is 148 Å². The molecule has 2 N–H and O–H groups in total. The smallest absolute Gasteiger partial charge is 0.319 e. The number of carbonyl (C=O) groups is 1. The van der Waals surface area contributed by atoms with E-state index in [1.54, 1.807) is 32.4 Å². The molecule has 0 aromatic heterocycles. The van der Waals surface area contributed by atoms with Gasteiger partial charge in [0.25, 0.3) is 0 Å². The second-order valence-electron chi connectivity index (χ2n) is 5.56. The Morgan fingerprint density at radius 3 is 2.44 bits per heavy atom.